The van der Waals surface area contributed by atoms with Gasteiger partial charge in [-0.3, -0.25) is 0 Å². The molecule has 0 fully saturated rings. The second-order valence-electron chi connectivity index (χ2n) is 3.07. The van der Waals surface area contributed by atoms with E-state index in [9.17, 15) is 0 Å². The van der Waals surface area contributed by atoms with Crippen molar-refractivity contribution in [1.29, 1.82) is 0 Å². The summed E-state index contributed by atoms with van der Waals surface area (Å²) in [5.41, 5.74) is 2.48. The minimum Gasteiger partial charge on any atom is -0.344 e. The Morgan fingerprint density at radius 1 is 1.31 bits per heavy atom. The van der Waals surface area contributed by atoms with Gasteiger partial charge in [0.1, 0.15) is 0 Å². The van der Waals surface area contributed by atoms with Crippen molar-refractivity contribution >= 4 is 22.5 Å². The quantitative estimate of drug-likeness (QED) is 0.645. The van der Waals surface area contributed by atoms with E-state index in [1.165, 1.54) is 16.6 Å². The maximum absolute atomic E-state index is 5.86. The first-order valence-electron chi connectivity index (χ1n) is 4.50. The summed E-state index contributed by atoms with van der Waals surface area (Å²) in [7, 11) is 0. The summed E-state index contributed by atoms with van der Waals surface area (Å²) in [4.78, 5) is 0. The van der Waals surface area contributed by atoms with Gasteiger partial charge in [0.2, 0.25) is 0 Å². The van der Waals surface area contributed by atoms with Crippen LogP contribution in [0.1, 0.15) is 12.6 Å². The Bertz CT molecular complexity index is 417. The first-order chi connectivity index (χ1) is 6.36. The summed E-state index contributed by atoms with van der Waals surface area (Å²) in [6.45, 7) is 3.12. The molecule has 0 N–H and O–H groups in total. The number of hydrogen-bond donors (Lipinski definition) is 0. The van der Waals surface area contributed by atoms with Gasteiger partial charge in [-0.05, 0) is 24.4 Å². The molecule has 2 rings (SSSR count). The Morgan fingerprint density at radius 2 is 2.08 bits per heavy atom. The van der Waals surface area contributed by atoms with Crippen LogP contribution in [0.5, 0.6) is 0 Å². The van der Waals surface area contributed by atoms with Crippen molar-refractivity contribution in [1.82, 2.24) is 4.57 Å². The summed E-state index contributed by atoms with van der Waals surface area (Å²) in [6.07, 6.45) is 0. The van der Waals surface area contributed by atoms with Gasteiger partial charge in [0, 0.05) is 17.8 Å². The van der Waals surface area contributed by atoms with Crippen LogP contribution in [0.4, 0.5) is 0 Å². The van der Waals surface area contributed by atoms with Crippen LogP contribution in [0.3, 0.4) is 0 Å². The van der Waals surface area contributed by atoms with E-state index in [4.69, 9.17) is 11.6 Å². The standard InChI is InChI=1S/C11H12ClN/c1-2-13-10(8-12)7-9-5-3-4-6-11(9)13/h3-7H,2,8H2,1H3. The molecular weight excluding hydrogens is 182 g/mol. The molecule has 0 bridgehead atoms. The maximum Gasteiger partial charge on any atom is 0.0627 e. The number of halogens is 1. The predicted molar refractivity (Wildman–Crippen MR) is 57.2 cm³/mol. The molecule has 0 spiro atoms. The molecule has 1 nitrogen and oxygen atoms in total. The van der Waals surface area contributed by atoms with Gasteiger partial charge in [0.25, 0.3) is 0 Å². The molecule has 13 heavy (non-hydrogen) atoms. The predicted octanol–water partition coefficient (Wildman–Crippen LogP) is 3.40. The summed E-state index contributed by atoms with van der Waals surface area (Å²) < 4.78 is 2.25. The van der Waals surface area contributed by atoms with Gasteiger partial charge in [0.15, 0.2) is 0 Å². The molecule has 0 saturated carbocycles. The number of hydrogen-bond acceptors (Lipinski definition) is 0. The van der Waals surface area contributed by atoms with E-state index in [1.807, 2.05) is 0 Å². The number of para-hydroxylation sites is 1. The molecule has 0 aliphatic carbocycles. The highest BCUT2D eigenvalue weighted by atomic mass is 35.5. The molecule has 0 radical (unpaired) electrons. The smallest absolute Gasteiger partial charge is 0.0627 e. The Kier molecular flexibility index (Phi) is 2.28. The van der Waals surface area contributed by atoms with Crippen molar-refractivity contribution in [3.05, 3.63) is 36.0 Å². The molecule has 1 heterocycles. The molecule has 2 aromatic rings. The first kappa shape index (κ1) is 8.64. The fourth-order valence-corrected chi connectivity index (χ4v) is 1.97. The number of benzene rings is 1. The van der Waals surface area contributed by atoms with Crippen molar-refractivity contribution in [3.8, 4) is 0 Å². The largest absolute Gasteiger partial charge is 0.344 e. The minimum absolute atomic E-state index is 0.586. The number of fused-ring (bicyclic) bond motifs is 1. The lowest BCUT2D eigenvalue weighted by Crippen LogP contribution is -1.97. The van der Waals surface area contributed by atoms with Gasteiger partial charge in [0.05, 0.1) is 5.88 Å². The van der Waals surface area contributed by atoms with Crippen LogP contribution >= 0.6 is 11.6 Å². The highest BCUT2D eigenvalue weighted by Crippen LogP contribution is 2.20. The molecule has 2 heteroatoms. The second kappa shape index (κ2) is 3.43. The Balaban J connectivity index is 2.73. The second-order valence-corrected chi connectivity index (χ2v) is 3.34. The van der Waals surface area contributed by atoms with Crippen molar-refractivity contribution in [2.24, 2.45) is 0 Å². The van der Waals surface area contributed by atoms with Gasteiger partial charge in [-0.2, -0.15) is 0 Å². The molecule has 0 aliphatic heterocycles. The summed E-state index contributed by atoms with van der Waals surface area (Å²) in [5, 5.41) is 1.28. The van der Waals surface area contributed by atoms with Crippen LogP contribution < -0.4 is 0 Å². The Hall–Kier alpha value is -0.950. The minimum atomic E-state index is 0.586. The van der Waals surface area contributed by atoms with Gasteiger partial charge in [-0.25, -0.2) is 0 Å². The van der Waals surface area contributed by atoms with E-state index < -0.39 is 0 Å². The molecule has 0 amide bonds. The Morgan fingerprint density at radius 3 is 2.77 bits per heavy atom. The third kappa shape index (κ3) is 1.33. The van der Waals surface area contributed by atoms with E-state index in [2.05, 4.69) is 41.8 Å². The number of aromatic nitrogens is 1. The highest BCUT2D eigenvalue weighted by molar-refractivity contribution is 6.17. The zero-order valence-corrected chi connectivity index (χ0v) is 8.38. The lowest BCUT2D eigenvalue weighted by Gasteiger charge is -2.04. The van der Waals surface area contributed by atoms with Crippen LogP contribution in [0.2, 0.25) is 0 Å². The van der Waals surface area contributed by atoms with Gasteiger partial charge in [-0.1, -0.05) is 18.2 Å². The third-order valence-electron chi connectivity index (χ3n) is 2.35. The monoisotopic (exact) mass is 193 g/mol. The van der Waals surface area contributed by atoms with Gasteiger partial charge >= 0.3 is 0 Å². The molecule has 1 aromatic carbocycles. The SMILES string of the molecule is CCn1c(CCl)cc2ccccc21. The number of rotatable bonds is 2. The molecule has 0 saturated heterocycles. The first-order valence-corrected chi connectivity index (χ1v) is 5.03. The summed E-state index contributed by atoms with van der Waals surface area (Å²) in [5.74, 6) is 0.586. The van der Waals surface area contributed by atoms with E-state index in [0.29, 0.717) is 5.88 Å². The zero-order chi connectivity index (χ0) is 9.26. The lowest BCUT2D eigenvalue weighted by atomic mass is 10.2. The van der Waals surface area contributed by atoms with E-state index >= 15 is 0 Å². The number of alkyl halides is 1. The summed E-state index contributed by atoms with van der Waals surface area (Å²) in [6, 6.07) is 10.5. The van der Waals surface area contributed by atoms with Crippen molar-refractivity contribution in [3.63, 3.8) is 0 Å². The van der Waals surface area contributed by atoms with Crippen LogP contribution in [-0.2, 0) is 12.4 Å². The molecule has 0 atom stereocenters. The average Bonchev–Trinajstić information content (AvgIpc) is 2.55. The third-order valence-corrected chi connectivity index (χ3v) is 2.62. The normalized spacial score (nSPS) is 10.9. The van der Waals surface area contributed by atoms with Crippen LogP contribution in [0, 0.1) is 0 Å². The van der Waals surface area contributed by atoms with Gasteiger partial charge < -0.3 is 4.57 Å². The Labute approximate surface area is 82.9 Å². The number of nitrogens with zero attached hydrogens (tertiary/aromatic N) is 1. The highest BCUT2D eigenvalue weighted by Gasteiger charge is 2.04. The van der Waals surface area contributed by atoms with E-state index in [-0.39, 0.29) is 0 Å². The molecule has 0 aliphatic rings. The van der Waals surface area contributed by atoms with Crippen LogP contribution in [0.25, 0.3) is 10.9 Å². The molecule has 68 valence electrons. The fraction of sp³-hybridized carbons (Fsp3) is 0.273. The van der Waals surface area contributed by atoms with Crippen LogP contribution in [-0.4, -0.2) is 4.57 Å². The topological polar surface area (TPSA) is 4.93 Å². The van der Waals surface area contributed by atoms with Crippen LogP contribution in [0.15, 0.2) is 30.3 Å². The van der Waals surface area contributed by atoms with E-state index in [0.717, 1.165) is 6.54 Å². The maximum atomic E-state index is 5.86. The van der Waals surface area contributed by atoms with Crippen molar-refractivity contribution < 1.29 is 0 Å². The summed E-state index contributed by atoms with van der Waals surface area (Å²) >= 11 is 5.86. The number of aryl methyl sites for hydroxylation is 1. The fourth-order valence-electron chi connectivity index (χ4n) is 1.75. The molecular formula is C11H12ClN. The van der Waals surface area contributed by atoms with E-state index in [1.54, 1.807) is 0 Å². The molecule has 0 unspecified atom stereocenters. The van der Waals surface area contributed by atoms with Gasteiger partial charge in [-0.15, -0.1) is 11.6 Å². The molecule has 1 aromatic heterocycles. The lowest BCUT2D eigenvalue weighted by molar-refractivity contribution is 0.764. The van der Waals surface area contributed by atoms with Crippen molar-refractivity contribution in [2.75, 3.05) is 0 Å². The van der Waals surface area contributed by atoms with Crippen molar-refractivity contribution in [2.45, 2.75) is 19.3 Å². The average molecular weight is 194 g/mol. The zero-order valence-electron chi connectivity index (χ0n) is 7.63.